The van der Waals surface area contributed by atoms with Crippen molar-refractivity contribution in [2.75, 3.05) is 13.2 Å². The summed E-state index contributed by atoms with van der Waals surface area (Å²) in [5.74, 6) is 0. The highest BCUT2D eigenvalue weighted by atomic mass is 31.2. The second-order valence-electron chi connectivity index (χ2n) is 5.68. The lowest BCUT2D eigenvalue weighted by Crippen LogP contribution is -2.26. The Morgan fingerprint density at radius 2 is 1.78 bits per heavy atom. The van der Waals surface area contributed by atoms with Gasteiger partial charge in [-0.25, -0.2) is 9.36 Å². The van der Waals surface area contributed by atoms with E-state index in [2.05, 4.69) is 12.7 Å². The van der Waals surface area contributed by atoms with Crippen LogP contribution in [0.15, 0.2) is 48.3 Å². The van der Waals surface area contributed by atoms with Crippen molar-refractivity contribution in [3.05, 3.63) is 53.9 Å². The van der Waals surface area contributed by atoms with Crippen LogP contribution in [0.1, 0.15) is 52.0 Å². The van der Waals surface area contributed by atoms with E-state index in [1.54, 1.807) is 19.9 Å². The Bertz CT molecular complexity index is 646. The molecular weight excluding hydrogens is 365 g/mol. The number of nitrogens with zero attached hydrogens (tertiary/aromatic N) is 1. The third-order valence-corrected chi connectivity index (χ3v) is 5.48. The number of allylic oxidation sites excluding steroid dienone is 1. The third kappa shape index (κ3) is 8.59. The summed E-state index contributed by atoms with van der Waals surface area (Å²) in [6, 6.07) is 9.26. The number of carbonyl (C=O) groups excluding carboxylic acids is 1. The van der Waals surface area contributed by atoms with Crippen LogP contribution in [-0.2, 0) is 25.0 Å². The van der Waals surface area contributed by atoms with Crippen molar-refractivity contribution in [2.45, 2.75) is 53.1 Å². The van der Waals surface area contributed by atoms with Gasteiger partial charge in [-0.2, -0.15) is 4.67 Å². The summed E-state index contributed by atoms with van der Waals surface area (Å²) >= 11 is 0. The lowest BCUT2D eigenvalue weighted by molar-refractivity contribution is 0.111. The van der Waals surface area contributed by atoms with Gasteiger partial charge in [0, 0.05) is 0 Å². The number of benzene rings is 1. The van der Waals surface area contributed by atoms with Crippen molar-refractivity contribution < 1.29 is 23.1 Å². The number of rotatable bonds is 12. The summed E-state index contributed by atoms with van der Waals surface area (Å²) in [5.41, 5.74) is 3.72. The van der Waals surface area contributed by atoms with Crippen molar-refractivity contribution in [3.8, 4) is 0 Å². The van der Waals surface area contributed by atoms with Gasteiger partial charge < -0.3 is 4.74 Å². The molecule has 1 amide bonds. The molecular formula is C20H30NO5P. The molecule has 0 atom stereocenters. The highest BCUT2D eigenvalue weighted by Gasteiger charge is 2.37. The molecule has 0 bridgehead atoms. The van der Waals surface area contributed by atoms with Crippen LogP contribution in [0.25, 0.3) is 0 Å². The van der Waals surface area contributed by atoms with Crippen LogP contribution in [0.4, 0.5) is 4.79 Å². The minimum Gasteiger partial charge on any atom is -0.444 e. The van der Waals surface area contributed by atoms with E-state index in [-0.39, 0.29) is 19.8 Å². The molecule has 0 N–H and O–H groups in total. The van der Waals surface area contributed by atoms with Gasteiger partial charge in [-0.15, -0.1) is 5.73 Å². The fourth-order valence-electron chi connectivity index (χ4n) is 2.20. The highest BCUT2D eigenvalue weighted by Crippen LogP contribution is 2.52. The zero-order valence-electron chi connectivity index (χ0n) is 16.4. The first kappa shape index (κ1) is 23.2. The van der Waals surface area contributed by atoms with Crippen molar-refractivity contribution in [2.24, 2.45) is 0 Å². The second-order valence-corrected chi connectivity index (χ2v) is 7.57. The maximum atomic E-state index is 13.0. The van der Waals surface area contributed by atoms with Crippen LogP contribution < -0.4 is 0 Å². The van der Waals surface area contributed by atoms with Gasteiger partial charge in [0.2, 0.25) is 0 Å². The van der Waals surface area contributed by atoms with E-state index in [4.69, 9.17) is 13.8 Å². The fraction of sp³-hybridized carbons (Fsp3) is 0.500. The molecule has 0 saturated heterocycles. The maximum Gasteiger partial charge on any atom is 0.444 e. The van der Waals surface area contributed by atoms with Gasteiger partial charge in [-0.05, 0) is 38.3 Å². The Kier molecular flexibility index (Phi) is 11.5. The Hall–Kier alpha value is -1.84. The summed E-state index contributed by atoms with van der Waals surface area (Å²) in [6.07, 6.45) is 6.38. The van der Waals surface area contributed by atoms with Crippen molar-refractivity contribution in [3.63, 3.8) is 0 Å². The molecule has 0 radical (unpaired) electrons. The molecule has 150 valence electrons. The Labute approximate surface area is 162 Å². The zero-order chi connectivity index (χ0) is 20.0. The van der Waals surface area contributed by atoms with E-state index < -0.39 is 13.8 Å². The molecule has 0 aliphatic rings. The van der Waals surface area contributed by atoms with Gasteiger partial charge in [0.15, 0.2) is 0 Å². The molecule has 0 fully saturated rings. The Morgan fingerprint density at radius 3 is 2.37 bits per heavy atom. The normalized spacial score (nSPS) is 10.8. The first-order valence-electron chi connectivity index (χ1n) is 9.37. The Balaban J connectivity index is 2.92. The smallest absolute Gasteiger partial charge is 0.444 e. The molecule has 7 heteroatoms. The number of unbranched alkanes of at least 4 members (excludes halogenated alkanes) is 3. The summed E-state index contributed by atoms with van der Waals surface area (Å²) in [4.78, 5) is 12.6. The first-order valence-corrected chi connectivity index (χ1v) is 10.9. The molecule has 0 unspecified atom stereocenters. The number of ether oxygens (including phenoxy) is 1. The molecule has 1 aromatic carbocycles. The van der Waals surface area contributed by atoms with Crippen LogP contribution in [-0.4, -0.2) is 24.0 Å². The monoisotopic (exact) mass is 395 g/mol. The van der Waals surface area contributed by atoms with E-state index in [9.17, 15) is 9.36 Å². The van der Waals surface area contributed by atoms with Crippen LogP contribution in [0.2, 0.25) is 0 Å². The SMILES string of the molecule is CCCCCC=C=CN(C(=O)OCc1ccccc1)P(=O)(OCC)OCC. The summed E-state index contributed by atoms with van der Waals surface area (Å²) in [5, 5.41) is 0. The summed E-state index contributed by atoms with van der Waals surface area (Å²) in [6.45, 7) is 5.82. The van der Waals surface area contributed by atoms with Gasteiger partial charge in [-0.1, -0.05) is 50.1 Å². The molecule has 1 aromatic rings. The molecule has 6 nitrogen and oxygen atoms in total. The minimum atomic E-state index is -3.85. The minimum absolute atomic E-state index is 0.0580. The van der Waals surface area contributed by atoms with Gasteiger partial charge in [0.25, 0.3) is 0 Å². The zero-order valence-corrected chi connectivity index (χ0v) is 17.3. The molecule has 0 heterocycles. The molecule has 0 aliphatic heterocycles. The van der Waals surface area contributed by atoms with Crippen LogP contribution >= 0.6 is 7.75 Å². The molecule has 0 spiro atoms. The van der Waals surface area contributed by atoms with E-state index in [0.717, 1.165) is 35.9 Å². The second kappa shape index (κ2) is 13.3. The lowest BCUT2D eigenvalue weighted by Gasteiger charge is -2.25. The van der Waals surface area contributed by atoms with Crippen molar-refractivity contribution in [1.82, 2.24) is 4.67 Å². The third-order valence-electron chi connectivity index (χ3n) is 3.51. The van der Waals surface area contributed by atoms with Gasteiger partial charge in [0.1, 0.15) is 6.61 Å². The van der Waals surface area contributed by atoms with Crippen LogP contribution in [0.3, 0.4) is 0 Å². The first-order chi connectivity index (χ1) is 13.1. The van der Waals surface area contributed by atoms with E-state index in [1.807, 2.05) is 30.3 Å². The standard InChI is InChI=1S/C20H30NO5P/c1-4-7-8-9-10-14-17-21(27(23,25-5-2)26-6-3)20(22)24-18-19-15-12-11-13-16-19/h10-13,15-17H,4-9,18H2,1-3H3. The van der Waals surface area contributed by atoms with Crippen LogP contribution in [0, 0.1) is 0 Å². The maximum absolute atomic E-state index is 13.0. The number of hydrogen-bond donors (Lipinski definition) is 0. The Morgan fingerprint density at radius 1 is 1.11 bits per heavy atom. The quantitative estimate of drug-likeness (QED) is 0.245. The average Bonchev–Trinajstić information content (AvgIpc) is 2.66. The molecule has 1 rings (SSSR count). The predicted molar refractivity (Wildman–Crippen MR) is 106 cm³/mol. The van der Waals surface area contributed by atoms with Gasteiger partial charge in [0.05, 0.1) is 19.4 Å². The summed E-state index contributed by atoms with van der Waals surface area (Å²) in [7, 11) is -3.85. The van der Waals surface area contributed by atoms with Crippen LogP contribution in [0.5, 0.6) is 0 Å². The molecule has 0 aromatic heterocycles. The number of amides is 1. The van der Waals surface area contributed by atoms with Crippen molar-refractivity contribution in [1.29, 1.82) is 0 Å². The predicted octanol–water partition coefficient (Wildman–Crippen LogP) is 6.06. The number of carbonyl (C=O) groups is 1. The van der Waals surface area contributed by atoms with E-state index in [1.165, 1.54) is 6.20 Å². The number of hydrogen-bond acceptors (Lipinski definition) is 5. The van der Waals surface area contributed by atoms with Crippen molar-refractivity contribution >= 4 is 13.8 Å². The topological polar surface area (TPSA) is 65.1 Å². The van der Waals surface area contributed by atoms with E-state index in [0.29, 0.717) is 0 Å². The van der Waals surface area contributed by atoms with Gasteiger partial charge in [-0.3, -0.25) is 9.05 Å². The largest absolute Gasteiger partial charge is 0.444 e. The lowest BCUT2D eigenvalue weighted by atomic mass is 10.2. The fourth-order valence-corrected chi connectivity index (χ4v) is 3.64. The van der Waals surface area contributed by atoms with E-state index >= 15 is 0 Å². The summed E-state index contributed by atoms with van der Waals surface area (Å²) < 4.78 is 29.7. The highest BCUT2D eigenvalue weighted by molar-refractivity contribution is 7.52. The molecule has 27 heavy (non-hydrogen) atoms. The van der Waals surface area contributed by atoms with Gasteiger partial charge >= 0.3 is 13.8 Å². The molecule has 0 aliphatic carbocycles. The average molecular weight is 395 g/mol. The molecule has 0 saturated carbocycles.